The number of aryl methyl sites for hydroxylation is 2. The molecule has 16 heavy (non-hydrogen) atoms. The first kappa shape index (κ1) is 10.9. The lowest BCUT2D eigenvalue weighted by Gasteiger charge is -2.02. The predicted octanol–water partition coefficient (Wildman–Crippen LogP) is 0.918. The van der Waals surface area contributed by atoms with Crippen molar-refractivity contribution in [2.24, 2.45) is 0 Å². The van der Waals surface area contributed by atoms with Gasteiger partial charge in [0.2, 0.25) is 0 Å². The Hall–Kier alpha value is -1.63. The largest absolute Gasteiger partial charge is 0.481 e. The lowest BCUT2D eigenvalue weighted by molar-refractivity contribution is -0.133. The molecule has 0 saturated carbocycles. The molecule has 0 aliphatic rings. The number of nitrogens with zero attached hydrogens (tertiary/aromatic N) is 4. The van der Waals surface area contributed by atoms with Crippen molar-refractivity contribution in [1.82, 2.24) is 19.6 Å². The lowest BCUT2D eigenvalue weighted by Crippen LogP contribution is -2.01. The predicted molar refractivity (Wildman–Crippen MR) is 58.6 cm³/mol. The van der Waals surface area contributed by atoms with Gasteiger partial charge in [-0.2, -0.15) is 0 Å². The first-order valence-corrected chi connectivity index (χ1v) is 5.60. The van der Waals surface area contributed by atoms with Crippen LogP contribution in [-0.4, -0.2) is 36.4 Å². The molecule has 1 N–H and O–H groups in total. The fourth-order valence-corrected chi connectivity index (χ4v) is 2.13. The van der Waals surface area contributed by atoms with E-state index in [1.165, 1.54) is 0 Å². The average Bonchev–Trinajstić information content (AvgIpc) is 2.57. The Morgan fingerprint density at radius 3 is 2.94 bits per heavy atom. The van der Waals surface area contributed by atoms with Gasteiger partial charge in [-0.3, -0.25) is 9.20 Å². The summed E-state index contributed by atoms with van der Waals surface area (Å²) < 4.78 is 1.75. The van der Waals surface area contributed by atoms with E-state index in [0.29, 0.717) is 10.9 Å². The van der Waals surface area contributed by atoms with Crippen molar-refractivity contribution in [3.63, 3.8) is 0 Å². The smallest absolute Gasteiger partial charge is 0.313 e. The van der Waals surface area contributed by atoms with Crippen LogP contribution in [0.1, 0.15) is 11.4 Å². The van der Waals surface area contributed by atoms with E-state index in [4.69, 9.17) is 5.11 Å². The van der Waals surface area contributed by atoms with Crippen molar-refractivity contribution in [3.05, 3.63) is 17.5 Å². The summed E-state index contributed by atoms with van der Waals surface area (Å²) in [6.45, 7) is 3.79. The molecule has 0 amide bonds. The molecule has 0 aliphatic heterocycles. The fourth-order valence-electron chi connectivity index (χ4n) is 1.42. The summed E-state index contributed by atoms with van der Waals surface area (Å²) in [5.41, 5.74) is 1.81. The number of aromatic nitrogens is 4. The zero-order valence-electron chi connectivity index (χ0n) is 8.84. The molecule has 0 aliphatic carbocycles. The van der Waals surface area contributed by atoms with Crippen LogP contribution in [0.2, 0.25) is 0 Å². The summed E-state index contributed by atoms with van der Waals surface area (Å²) in [4.78, 5) is 14.7. The van der Waals surface area contributed by atoms with Crippen LogP contribution in [0, 0.1) is 13.8 Å². The average molecular weight is 238 g/mol. The fraction of sp³-hybridized carbons (Fsp3) is 0.333. The molecule has 0 bridgehead atoms. The molecule has 84 valence electrons. The quantitative estimate of drug-likeness (QED) is 0.801. The normalized spacial score (nSPS) is 10.9. The SMILES string of the molecule is Cc1cc(C)n2c(SCC(=O)O)nnc2n1. The van der Waals surface area contributed by atoms with Gasteiger partial charge in [0.05, 0.1) is 5.75 Å². The van der Waals surface area contributed by atoms with Crippen molar-refractivity contribution >= 4 is 23.5 Å². The van der Waals surface area contributed by atoms with E-state index in [0.717, 1.165) is 23.1 Å². The molecule has 7 heteroatoms. The second-order valence-corrected chi connectivity index (χ2v) is 4.28. The molecule has 0 spiro atoms. The minimum atomic E-state index is -0.875. The van der Waals surface area contributed by atoms with E-state index >= 15 is 0 Å². The minimum absolute atomic E-state index is 0.0336. The van der Waals surface area contributed by atoms with Gasteiger partial charge in [-0.15, -0.1) is 10.2 Å². The molecule has 2 aromatic rings. The highest BCUT2D eigenvalue weighted by molar-refractivity contribution is 7.99. The topological polar surface area (TPSA) is 80.4 Å². The minimum Gasteiger partial charge on any atom is -0.481 e. The van der Waals surface area contributed by atoms with Crippen molar-refractivity contribution < 1.29 is 9.90 Å². The van der Waals surface area contributed by atoms with E-state index in [2.05, 4.69) is 15.2 Å². The third-order valence-corrected chi connectivity index (χ3v) is 2.90. The van der Waals surface area contributed by atoms with Gasteiger partial charge in [0.25, 0.3) is 5.78 Å². The van der Waals surface area contributed by atoms with Crippen LogP contribution < -0.4 is 0 Å². The van der Waals surface area contributed by atoms with Gasteiger partial charge in [0.15, 0.2) is 5.16 Å². The highest BCUT2D eigenvalue weighted by Crippen LogP contribution is 2.17. The van der Waals surface area contributed by atoms with Gasteiger partial charge in [-0.25, -0.2) is 4.98 Å². The molecule has 0 atom stereocenters. The summed E-state index contributed by atoms with van der Waals surface area (Å²) in [6, 6.07) is 1.90. The standard InChI is InChI=1S/C9H10N4O2S/c1-5-3-6(2)13-8(10-5)11-12-9(13)16-4-7(14)15/h3H,4H2,1-2H3,(H,14,15). The maximum absolute atomic E-state index is 10.5. The van der Waals surface area contributed by atoms with Crippen LogP contribution >= 0.6 is 11.8 Å². The summed E-state index contributed by atoms with van der Waals surface area (Å²) in [5, 5.41) is 17.0. The second kappa shape index (κ2) is 4.09. The number of hydrogen-bond donors (Lipinski definition) is 1. The number of rotatable bonds is 3. The molecular weight excluding hydrogens is 228 g/mol. The summed E-state index contributed by atoms with van der Waals surface area (Å²) in [5.74, 6) is -0.404. The number of aliphatic carboxylic acids is 1. The molecule has 6 nitrogen and oxygen atoms in total. The van der Waals surface area contributed by atoms with Crippen LogP contribution in [0.25, 0.3) is 5.78 Å². The first-order valence-electron chi connectivity index (χ1n) is 4.62. The van der Waals surface area contributed by atoms with Crippen LogP contribution in [-0.2, 0) is 4.79 Å². The van der Waals surface area contributed by atoms with E-state index < -0.39 is 5.97 Å². The van der Waals surface area contributed by atoms with Gasteiger partial charge in [-0.05, 0) is 19.9 Å². The number of fused-ring (bicyclic) bond motifs is 1. The van der Waals surface area contributed by atoms with Crippen LogP contribution in [0.4, 0.5) is 0 Å². The van der Waals surface area contributed by atoms with Gasteiger partial charge >= 0.3 is 5.97 Å². The molecule has 0 saturated heterocycles. The summed E-state index contributed by atoms with van der Waals surface area (Å²) in [7, 11) is 0. The third kappa shape index (κ3) is 1.99. The molecule has 0 unspecified atom stereocenters. The van der Waals surface area contributed by atoms with Crippen molar-refractivity contribution in [1.29, 1.82) is 0 Å². The summed E-state index contributed by atoms with van der Waals surface area (Å²) >= 11 is 1.13. The Labute approximate surface area is 95.7 Å². The number of thioether (sulfide) groups is 1. The van der Waals surface area contributed by atoms with Crippen LogP contribution in [0.5, 0.6) is 0 Å². The van der Waals surface area contributed by atoms with Crippen LogP contribution in [0.15, 0.2) is 11.2 Å². The molecule has 2 rings (SSSR count). The van der Waals surface area contributed by atoms with Crippen molar-refractivity contribution in [3.8, 4) is 0 Å². The van der Waals surface area contributed by atoms with Crippen molar-refractivity contribution in [2.75, 3.05) is 5.75 Å². The van der Waals surface area contributed by atoms with Gasteiger partial charge in [-0.1, -0.05) is 11.8 Å². The maximum atomic E-state index is 10.5. The third-order valence-electron chi connectivity index (χ3n) is 1.99. The van der Waals surface area contributed by atoms with E-state index in [9.17, 15) is 4.79 Å². The maximum Gasteiger partial charge on any atom is 0.313 e. The monoisotopic (exact) mass is 238 g/mol. The van der Waals surface area contributed by atoms with E-state index in [1.54, 1.807) is 4.40 Å². The molecule has 0 aromatic carbocycles. The second-order valence-electron chi connectivity index (χ2n) is 3.34. The van der Waals surface area contributed by atoms with Crippen molar-refractivity contribution in [2.45, 2.75) is 19.0 Å². The molecule has 0 radical (unpaired) electrons. The summed E-state index contributed by atoms with van der Waals surface area (Å²) in [6.07, 6.45) is 0. The Morgan fingerprint density at radius 1 is 1.50 bits per heavy atom. The van der Waals surface area contributed by atoms with Crippen LogP contribution in [0.3, 0.4) is 0 Å². The highest BCUT2D eigenvalue weighted by Gasteiger charge is 2.11. The number of carbonyl (C=O) groups is 1. The molecule has 2 heterocycles. The van der Waals surface area contributed by atoms with Gasteiger partial charge < -0.3 is 5.11 Å². The Morgan fingerprint density at radius 2 is 2.25 bits per heavy atom. The molecule has 2 aromatic heterocycles. The number of carboxylic acids is 1. The Balaban J connectivity index is 2.43. The first-order chi connectivity index (χ1) is 7.58. The Bertz CT molecular complexity index is 552. The number of hydrogen-bond acceptors (Lipinski definition) is 5. The zero-order chi connectivity index (χ0) is 11.7. The van der Waals surface area contributed by atoms with Gasteiger partial charge in [0.1, 0.15) is 0 Å². The molecular formula is C9H10N4O2S. The van der Waals surface area contributed by atoms with E-state index in [-0.39, 0.29) is 5.75 Å². The van der Waals surface area contributed by atoms with E-state index in [1.807, 2.05) is 19.9 Å². The highest BCUT2D eigenvalue weighted by atomic mass is 32.2. The lowest BCUT2D eigenvalue weighted by atomic mass is 10.3. The van der Waals surface area contributed by atoms with Gasteiger partial charge in [0, 0.05) is 11.4 Å². The molecule has 0 fully saturated rings. The Kier molecular flexibility index (Phi) is 2.78. The zero-order valence-corrected chi connectivity index (χ0v) is 9.65. The number of carboxylic acid groups (broad SMARTS) is 1.